The van der Waals surface area contributed by atoms with Crippen molar-refractivity contribution in [1.29, 1.82) is 0 Å². The molecule has 1 rings (SSSR count). The zero-order chi connectivity index (χ0) is 14.3. The van der Waals surface area contributed by atoms with E-state index >= 15 is 0 Å². The van der Waals surface area contributed by atoms with E-state index in [0.29, 0.717) is 0 Å². The Bertz CT molecular complexity index is 369. The maximum atomic E-state index is 10.6. The summed E-state index contributed by atoms with van der Waals surface area (Å²) in [5.74, 6) is 0. The van der Waals surface area contributed by atoms with Crippen molar-refractivity contribution in [2.75, 3.05) is 6.61 Å². The van der Waals surface area contributed by atoms with Gasteiger partial charge in [-0.25, -0.2) is 0 Å². The number of hydrogen-bond acceptors (Lipinski definition) is 6. The lowest BCUT2D eigenvalue weighted by Crippen LogP contribution is -2.47. The second kappa shape index (κ2) is 7.98. The molecular formula is C13H18O6. The number of carbonyl (C=O) groups is 1. The average molecular weight is 270 g/mol. The zero-order valence-corrected chi connectivity index (χ0v) is 10.3. The summed E-state index contributed by atoms with van der Waals surface area (Å²) in [6, 6.07) is 8.97. The molecule has 4 atom stereocenters. The molecule has 6 nitrogen and oxygen atoms in total. The van der Waals surface area contributed by atoms with E-state index in [-0.39, 0.29) is 12.9 Å². The maximum absolute atomic E-state index is 10.6. The summed E-state index contributed by atoms with van der Waals surface area (Å²) in [5, 5.41) is 37.3. The molecule has 0 bridgehead atoms. The Kier molecular flexibility index (Phi) is 6.61. The first-order valence-electron chi connectivity index (χ1n) is 5.86. The summed E-state index contributed by atoms with van der Waals surface area (Å²) >= 11 is 0. The van der Waals surface area contributed by atoms with Crippen LogP contribution < -0.4 is 0 Å². The van der Waals surface area contributed by atoms with Crippen LogP contribution in [0.2, 0.25) is 0 Å². The number of ether oxygens (including phenoxy) is 1. The number of aldehydes is 1. The van der Waals surface area contributed by atoms with Gasteiger partial charge in [0.2, 0.25) is 0 Å². The van der Waals surface area contributed by atoms with Gasteiger partial charge in [-0.05, 0) is 5.56 Å². The van der Waals surface area contributed by atoms with Gasteiger partial charge in [-0.2, -0.15) is 0 Å². The van der Waals surface area contributed by atoms with Crippen LogP contribution >= 0.6 is 0 Å². The Morgan fingerprint density at radius 3 is 2.32 bits per heavy atom. The second-order valence-electron chi connectivity index (χ2n) is 4.13. The topological polar surface area (TPSA) is 107 Å². The van der Waals surface area contributed by atoms with Crippen molar-refractivity contribution >= 4 is 6.29 Å². The minimum absolute atomic E-state index is 0.0611. The van der Waals surface area contributed by atoms with Crippen molar-refractivity contribution in [2.24, 2.45) is 0 Å². The monoisotopic (exact) mass is 270 g/mol. The van der Waals surface area contributed by atoms with Gasteiger partial charge >= 0.3 is 0 Å². The van der Waals surface area contributed by atoms with Gasteiger partial charge in [-0.1, -0.05) is 30.3 Å². The standard InChI is InChI=1S/C13H18O6/c14-6-10(16)12(18)13(11(17)7-15)19-8-9-4-2-1-3-5-9/h1-5,7,10-14,16-18H,6,8H2/t10-,11+,12+,13+/m1/s1. The fourth-order valence-electron chi connectivity index (χ4n) is 1.57. The van der Waals surface area contributed by atoms with Crippen LogP contribution in [0.25, 0.3) is 0 Å². The number of aliphatic hydroxyl groups excluding tert-OH is 4. The van der Waals surface area contributed by atoms with E-state index in [1.165, 1.54) is 0 Å². The summed E-state index contributed by atoms with van der Waals surface area (Å²) in [6.07, 6.45) is -5.73. The molecule has 0 unspecified atom stereocenters. The third-order valence-corrected chi connectivity index (χ3v) is 2.68. The molecule has 0 radical (unpaired) electrons. The molecule has 19 heavy (non-hydrogen) atoms. The van der Waals surface area contributed by atoms with Gasteiger partial charge in [0.05, 0.1) is 13.2 Å². The number of hydrogen-bond donors (Lipinski definition) is 4. The van der Waals surface area contributed by atoms with Crippen LogP contribution in [0.4, 0.5) is 0 Å². The highest BCUT2D eigenvalue weighted by atomic mass is 16.5. The molecule has 106 valence electrons. The fourth-order valence-corrected chi connectivity index (χ4v) is 1.57. The van der Waals surface area contributed by atoms with Gasteiger partial charge in [0.15, 0.2) is 6.29 Å². The molecular weight excluding hydrogens is 252 g/mol. The molecule has 0 aliphatic rings. The Labute approximate surface area is 110 Å². The van der Waals surface area contributed by atoms with E-state index in [1.54, 1.807) is 24.3 Å². The van der Waals surface area contributed by atoms with Crippen molar-refractivity contribution in [3.8, 4) is 0 Å². The van der Waals surface area contributed by atoms with E-state index in [9.17, 15) is 20.1 Å². The van der Waals surface area contributed by atoms with Crippen LogP contribution in [0, 0.1) is 0 Å². The molecule has 4 N–H and O–H groups in total. The molecule has 0 fully saturated rings. The molecule has 0 aliphatic heterocycles. The number of carbonyl (C=O) groups excluding carboxylic acids is 1. The highest BCUT2D eigenvalue weighted by molar-refractivity contribution is 5.56. The molecule has 6 heteroatoms. The zero-order valence-electron chi connectivity index (χ0n) is 10.3. The van der Waals surface area contributed by atoms with Crippen LogP contribution in [0.3, 0.4) is 0 Å². The number of aliphatic hydroxyl groups is 4. The first-order chi connectivity index (χ1) is 9.10. The van der Waals surface area contributed by atoms with Crippen LogP contribution in [-0.2, 0) is 16.1 Å². The highest BCUT2D eigenvalue weighted by Gasteiger charge is 2.32. The molecule has 1 aromatic rings. The lowest BCUT2D eigenvalue weighted by Gasteiger charge is -2.27. The van der Waals surface area contributed by atoms with Crippen LogP contribution in [0.1, 0.15) is 5.56 Å². The minimum Gasteiger partial charge on any atom is -0.394 e. The SMILES string of the molecule is O=C[C@H](O)[C@H](OCc1ccccc1)[C@@H](O)[C@H](O)CO. The minimum atomic E-state index is -1.58. The van der Waals surface area contributed by atoms with Gasteiger partial charge in [-0.15, -0.1) is 0 Å². The van der Waals surface area contributed by atoms with Gasteiger partial charge in [0.25, 0.3) is 0 Å². The maximum Gasteiger partial charge on any atom is 0.151 e. The molecule has 0 amide bonds. The normalized spacial score (nSPS) is 17.5. The van der Waals surface area contributed by atoms with Gasteiger partial charge in [0, 0.05) is 0 Å². The third-order valence-electron chi connectivity index (χ3n) is 2.68. The number of rotatable bonds is 8. The van der Waals surface area contributed by atoms with E-state index in [4.69, 9.17) is 9.84 Å². The molecule has 0 saturated carbocycles. The predicted octanol–water partition coefficient (Wildman–Crippen LogP) is -1.15. The van der Waals surface area contributed by atoms with Crippen molar-refractivity contribution in [2.45, 2.75) is 31.0 Å². The average Bonchev–Trinajstić information content (AvgIpc) is 2.47. The van der Waals surface area contributed by atoms with Crippen molar-refractivity contribution in [3.05, 3.63) is 35.9 Å². The molecule has 0 spiro atoms. The molecule has 0 aromatic heterocycles. The summed E-state index contributed by atoms with van der Waals surface area (Å²) < 4.78 is 5.26. The summed E-state index contributed by atoms with van der Waals surface area (Å²) in [6.45, 7) is -0.635. The fraction of sp³-hybridized carbons (Fsp3) is 0.462. The lowest BCUT2D eigenvalue weighted by molar-refractivity contribution is -0.153. The third kappa shape index (κ3) is 4.70. The molecule has 0 saturated heterocycles. The van der Waals surface area contributed by atoms with Gasteiger partial charge in [-0.3, -0.25) is 0 Å². The van der Waals surface area contributed by atoms with Gasteiger partial charge < -0.3 is 30.0 Å². The van der Waals surface area contributed by atoms with E-state index < -0.39 is 31.0 Å². The van der Waals surface area contributed by atoms with Crippen molar-refractivity contribution in [3.63, 3.8) is 0 Å². The van der Waals surface area contributed by atoms with Gasteiger partial charge in [0.1, 0.15) is 24.4 Å². The number of benzene rings is 1. The highest BCUT2D eigenvalue weighted by Crippen LogP contribution is 2.12. The smallest absolute Gasteiger partial charge is 0.151 e. The van der Waals surface area contributed by atoms with Crippen LogP contribution in [0.5, 0.6) is 0 Å². The van der Waals surface area contributed by atoms with Crippen LogP contribution in [-0.4, -0.2) is 57.7 Å². The largest absolute Gasteiger partial charge is 0.394 e. The van der Waals surface area contributed by atoms with E-state index in [2.05, 4.69) is 0 Å². The first-order valence-corrected chi connectivity index (χ1v) is 5.86. The van der Waals surface area contributed by atoms with Crippen LogP contribution in [0.15, 0.2) is 30.3 Å². The molecule has 1 aromatic carbocycles. The van der Waals surface area contributed by atoms with Crippen molar-refractivity contribution in [1.82, 2.24) is 0 Å². The second-order valence-corrected chi connectivity index (χ2v) is 4.13. The van der Waals surface area contributed by atoms with E-state index in [1.807, 2.05) is 6.07 Å². The summed E-state index contributed by atoms with van der Waals surface area (Å²) in [7, 11) is 0. The quantitative estimate of drug-likeness (QED) is 0.444. The predicted molar refractivity (Wildman–Crippen MR) is 66.2 cm³/mol. The Balaban J connectivity index is 2.67. The first kappa shape index (κ1) is 15.7. The molecule has 0 heterocycles. The lowest BCUT2D eigenvalue weighted by atomic mass is 10.0. The van der Waals surface area contributed by atoms with Crippen molar-refractivity contribution < 1.29 is 30.0 Å². The Hall–Kier alpha value is -1.31. The summed E-state index contributed by atoms with van der Waals surface area (Å²) in [4.78, 5) is 10.6. The van der Waals surface area contributed by atoms with E-state index in [0.717, 1.165) is 5.56 Å². The molecule has 0 aliphatic carbocycles. The Morgan fingerprint density at radius 2 is 1.79 bits per heavy atom. The summed E-state index contributed by atoms with van der Waals surface area (Å²) in [5.41, 5.74) is 0.788. The Morgan fingerprint density at radius 1 is 1.16 bits per heavy atom.